The first kappa shape index (κ1) is 15.5. The average molecular weight is 302 g/mol. The minimum absolute atomic E-state index is 0.272. The standard InChI is InChI=1S/C17H19O3P/c1-14(17(18)20-2)13-21(19,15-9-5-3-6-10-15)16-11-7-4-8-12-16/h3-12,14H,13H2,1-2H3. The minimum Gasteiger partial charge on any atom is -0.469 e. The van der Waals surface area contributed by atoms with Crippen molar-refractivity contribution in [1.82, 2.24) is 0 Å². The second-order valence-corrected chi connectivity index (χ2v) is 7.89. The van der Waals surface area contributed by atoms with Gasteiger partial charge in [-0.05, 0) is 0 Å². The van der Waals surface area contributed by atoms with Gasteiger partial charge in [0.15, 0.2) is 0 Å². The lowest BCUT2D eigenvalue weighted by atomic mass is 10.2. The minimum atomic E-state index is -2.85. The second kappa shape index (κ2) is 6.73. The topological polar surface area (TPSA) is 43.4 Å². The fraction of sp³-hybridized carbons (Fsp3) is 0.235. The summed E-state index contributed by atoms with van der Waals surface area (Å²) in [4.78, 5) is 11.7. The molecule has 0 N–H and O–H groups in total. The zero-order chi connectivity index (χ0) is 15.3. The molecule has 0 aromatic heterocycles. The van der Waals surface area contributed by atoms with Gasteiger partial charge in [0.2, 0.25) is 0 Å². The number of carbonyl (C=O) groups excluding carboxylic acids is 1. The van der Waals surface area contributed by atoms with Crippen LogP contribution in [0.3, 0.4) is 0 Å². The van der Waals surface area contributed by atoms with Crippen molar-refractivity contribution in [3.8, 4) is 0 Å². The number of hydrogen-bond acceptors (Lipinski definition) is 3. The van der Waals surface area contributed by atoms with Gasteiger partial charge in [0.1, 0.15) is 7.14 Å². The summed E-state index contributed by atoms with van der Waals surface area (Å²) in [5.74, 6) is -0.747. The molecule has 1 atom stereocenters. The lowest BCUT2D eigenvalue weighted by molar-refractivity contribution is -0.144. The van der Waals surface area contributed by atoms with Crippen LogP contribution in [0.15, 0.2) is 60.7 Å². The molecule has 2 aromatic rings. The van der Waals surface area contributed by atoms with Crippen LogP contribution in [0.4, 0.5) is 0 Å². The maximum atomic E-state index is 13.6. The Kier molecular flexibility index (Phi) is 4.98. The van der Waals surface area contributed by atoms with E-state index in [1.54, 1.807) is 6.92 Å². The van der Waals surface area contributed by atoms with E-state index in [2.05, 4.69) is 0 Å². The highest BCUT2D eigenvalue weighted by molar-refractivity contribution is 7.78. The number of benzene rings is 2. The molecule has 0 aliphatic carbocycles. The van der Waals surface area contributed by atoms with Crippen LogP contribution in [-0.2, 0) is 14.1 Å². The van der Waals surface area contributed by atoms with Crippen molar-refractivity contribution in [2.24, 2.45) is 5.92 Å². The number of hydrogen-bond donors (Lipinski definition) is 0. The molecule has 3 nitrogen and oxygen atoms in total. The Hall–Kier alpha value is -1.86. The fourth-order valence-corrected chi connectivity index (χ4v) is 5.31. The van der Waals surface area contributed by atoms with Crippen molar-refractivity contribution in [1.29, 1.82) is 0 Å². The Bertz CT molecular complexity index is 594. The third-order valence-electron chi connectivity index (χ3n) is 3.48. The first-order valence-corrected chi connectivity index (χ1v) is 8.75. The highest BCUT2D eigenvalue weighted by Crippen LogP contribution is 2.45. The highest BCUT2D eigenvalue weighted by Gasteiger charge is 2.31. The van der Waals surface area contributed by atoms with E-state index in [1.165, 1.54) is 7.11 Å². The third-order valence-corrected chi connectivity index (χ3v) is 6.81. The molecule has 2 rings (SSSR count). The quantitative estimate of drug-likeness (QED) is 0.630. The molecule has 0 spiro atoms. The first-order valence-electron chi connectivity index (χ1n) is 6.86. The smallest absolute Gasteiger partial charge is 0.308 e. The molecule has 2 aromatic carbocycles. The van der Waals surface area contributed by atoms with Crippen LogP contribution in [-0.4, -0.2) is 19.2 Å². The molecule has 1 unspecified atom stereocenters. The van der Waals surface area contributed by atoms with E-state index in [1.807, 2.05) is 60.7 Å². The molecular weight excluding hydrogens is 283 g/mol. The van der Waals surface area contributed by atoms with Gasteiger partial charge < -0.3 is 9.30 Å². The predicted molar refractivity (Wildman–Crippen MR) is 85.8 cm³/mol. The molecule has 0 fully saturated rings. The van der Waals surface area contributed by atoms with Gasteiger partial charge in [-0.1, -0.05) is 67.6 Å². The zero-order valence-electron chi connectivity index (χ0n) is 12.2. The van der Waals surface area contributed by atoms with Crippen molar-refractivity contribution < 1.29 is 14.1 Å². The molecule has 0 saturated heterocycles. The molecule has 21 heavy (non-hydrogen) atoms. The van der Waals surface area contributed by atoms with Gasteiger partial charge in [-0.2, -0.15) is 0 Å². The summed E-state index contributed by atoms with van der Waals surface area (Å²) in [6, 6.07) is 18.7. The van der Waals surface area contributed by atoms with E-state index >= 15 is 0 Å². The monoisotopic (exact) mass is 302 g/mol. The van der Waals surface area contributed by atoms with Crippen molar-refractivity contribution in [2.45, 2.75) is 6.92 Å². The number of methoxy groups -OCH3 is 1. The lowest BCUT2D eigenvalue weighted by Crippen LogP contribution is -2.25. The summed E-state index contributed by atoms with van der Waals surface area (Å²) >= 11 is 0. The van der Waals surface area contributed by atoms with Crippen LogP contribution < -0.4 is 10.6 Å². The summed E-state index contributed by atoms with van der Waals surface area (Å²) in [5.41, 5.74) is 0. The van der Waals surface area contributed by atoms with E-state index in [0.717, 1.165) is 10.6 Å². The fourth-order valence-electron chi connectivity index (χ4n) is 2.36. The van der Waals surface area contributed by atoms with Gasteiger partial charge in [0, 0.05) is 16.8 Å². The van der Waals surface area contributed by atoms with Gasteiger partial charge in [-0.3, -0.25) is 4.79 Å². The van der Waals surface area contributed by atoms with E-state index in [-0.39, 0.29) is 12.1 Å². The molecule has 0 aliphatic rings. The predicted octanol–water partition coefficient (Wildman–Crippen LogP) is 2.81. The van der Waals surface area contributed by atoms with Gasteiger partial charge in [-0.25, -0.2) is 0 Å². The van der Waals surface area contributed by atoms with Crippen molar-refractivity contribution in [2.75, 3.05) is 13.3 Å². The molecule has 0 amide bonds. The van der Waals surface area contributed by atoms with Crippen LogP contribution in [0.2, 0.25) is 0 Å². The molecule has 110 valence electrons. The number of esters is 1. The highest BCUT2D eigenvalue weighted by atomic mass is 31.2. The SMILES string of the molecule is COC(=O)C(C)CP(=O)(c1ccccc1)c1ccccc1. The zero-order valence-corrected chi connectivity index (χ0v) is 13.1. The van der Waals surface area contributed by atoms with E-state index < -0.39 is 13.1 Å². The van der Waals surface area contributed by atoms with Crippen molar-refractivity contribution in [3.63, 3.8) is 0 Å². The molecule has 0 aliphatic heterocycles. The Morgan fingerprint density at radius 2 is 1.43 bits per heavy atom. The van der Waals surface area contributed by atoms with Crippen LogP contribution >= 0.6 is 7.14 Å². The van der Waals surface area contributed by atoms with Gasteiger partial charge >= 0.3 is 5.97 Å². The third kappa shape index (κ3) is 3.43. The van der Waals surface area contributed by atoms with Crippen molar-refractivity contribution >= 4 is 23.7 Å². The molecule has 0 heterocycles. The summed E-state index contributed by atoms with van der Waals surface area (Å²) in [6.07, 6.45) is 0.272. The first-order chi connectivity index (χ1) is 10.1. The van der Waals surface area contributed by atoms with Crippen molar-refractivity contribution in [3.05, 3.63) is 60.7 Å². The van der Waals surface area contributed by atoms with E-state index in [0.29, 0.717) is 0 Å². The Morgan fingerprint density at radius 3 is 1.81 bits per heavy atom. The Labute approximate surface area is 125 Å². The number of carbonyl (C=O) groups is 1. The van der Waals surface area contributed by atoms with E-state index in [4.69, 9.17) is 4.74 Å². The maximum absolute atomic E-state index is 13.6. The maximum Gasteiger partial charge on any atom is 0.308 e. The molecule has 0 radical (unpaired) electrons. The number of ether oxygens (including phenoxy) is 1. The van der Waals surface area contributed by atoms with Gasteiger partial charge in [-0.15, -0.1) is 0 Å². The average Bonchev–Trinajstić information content (AvgIpc) is 2.55. The van der Waals surface area contributed by atoms with Crippen LogP contribution in [0.5, 0.6) is 0 Å². The van der Waals surface area contributed by atoms with E-state index in [9.17, 15) is 9.36 Å². The molecule has 0 saturated carbocycles. The Morgan fingerprint density at radius 1 is 1.00 bits per heavy atom. The normalized spacial score (nSPS) is 12.7. The van der Waals surface area contributed by atoms with Gasteiger partial charge in [0.05, 0.1) is 13.0 Å². The Balaban J connectivity index is 2.46. The van der Waals surface area contributed by atoms with Gasteiger partial charge in [0.25, 0.3) is 0 Å². The van der Waals surface area contributed by atoms with Crippen LogP contribution in [0, 0.1) is 5.92 Å². The summed E-state index contributed by atoms with van der Waals surface area (Å²) in [7, 11) is -1.49. The molecular formula is C17H19O3P. The number of rotatable bonds is 5. The molecule has 0 bridgehead atoms. The molecule has 4 heteroatoms. The van der Waals surface area contributed by atoms with Crippen LogP contribution in [0.25, 0.3) is 0 Å². The summed E-state index contributed by atoms with van der Waals surface area (Å²) < 4.78 is 18.4. The second-order valence-electron chi connectivity index (χ2n) is 5.02. The van der Waals surface area contributed by atoms with Crippen LogP contribution in [0.1, 0.15) is 6.92 Å². The largest absolute Gasteiger partial charge is 0.469 e. The summed E-state index contributed by atoms with van der Waals surface area (Å²) in [6.45, 7) is 1.75. The summed E-state index contributed by atoms with van der Waals surface area (Å²) in [5, 5.41) is 1.54. The lowest BCUT2D eigenvalue weighted by Gasteiger charge is -2.21.